The van der Waals surface area contributed by atoms with Crippen LogP contribution in [0.2, 0.25) is 10.0 Å². The van der Waals surface area contributed by atoms with E-state index in [2.05, 4.69) is 0 Å². The van der Waals surface area contributed by atoms with Crippen LogP contribution >= 0.6 is 23.2 Å². The first-order valence-electron chi connectivity index (χ1n) is 9.87. The van der Waals surface area contributed by atoms with Gasteiger partial charge < -0.3 is 5.73 Å². The van der Waals surface area contributed by atoms with Crippen molar-refractivity contribution in [3.63, 3.8) is 0 Å². The highest BCUT2D eigenvalue weighted by atomic mass is 35.5. The number of imide groups is 1. The van der Waals surface area contributed by atoms with Gasteiger partial charge in [-0.05, 0) is 36.2 Å². The molecule has 2 aliphatic heterocycles. The number of fused-ring (bicyclic) bond motifs is 1. The van der Waals surface area contributed by atoms with Gasteiger partial charge in [-0.15, -0.1) is 0 Å². The Balaban J connectivity index is 1.70. The van der Waals surface area contributed by atoms with E-state index in [1.165, 1.54) is 9.96 Å². The zero-order valence-corrected chi connectivity index (χ0v) is 18.2. The topological polar surface area (TPSA) is 92.9 Å². The third-order valence-corrected chi connectivity index (χ3v) is 6.14. The highest BCUT2D eigenvalue weighted by molar-refractivity contribution is 6.34. The molecule has 2 aliphatic rings. The number of carbonyl (C=O) groups is 3. The number of nitrogens with two attached hydrogens (primary N) is 1. The van der Waals surface area contributed by atoms with Gasteiger partial charge in [-0.3, -0.25) is 24.1 Å². The zero-order valence-electron chi connectivity index (χ0n) is 16.7. The fourth-order valence-electron chi connectivity index (χ4n) is 4.29. The van der Waals surface area contributed by atoms with Gasteiger partial charge in [-0.2, -0.15) is 5.06 Å². The molecule has 31 heavy (non-hydrogen) atoms. The molecule has 2 fully saturated rings. The van der Waals surface area contributed by atoms with E-state index in [9.17, 15) is 14.4 Å². The fourth-order valence-corrected chi connectivity index (χ4v) is 4.83. The minimum Gasteiger partial charge on any atom is -0.370 e. The first-order valence-corrected chi connectivity index (χ1v) is 10.6. The summed E-state index contributed by atoms with van der Waals surface area (Å²) in [6, 6.07) is 13.2. The van der Waals surface area contributed by atoms with E-state index in [1.807, 2.05) is 37.3 Å². The van der Waals surface area contributed by atoms with Gasteiger partial charge in [0.05, 0.1) is 18.0 Å². The number of benzene rings is 2. The Hall–Kier alpha value is -2.45. The highest BCUT2D eigenvalue weighted by Crippen LogP contribution is 2.47. The Morgan fingerprint density at radius 2 is 1.74 bits per heavy atom. The Bertz CT molecular complexity index is 1010. The number of hydrogen-bond donors (Lipinski definition) is 1. The van der Waals surface area contributed by atoms with Crippen LogP contribution < -0.4 is 5.73 Å². The maximum absolute atomic E-state index is 13.5. The van der Waals surface area contributed by atoms with Crippen molar-refractivity contribution in [2.24, 2.45) is 11.7 Å². The number of halogens is 2. The predicted molar refractivity (Wildman–Crippen MR) is 115 cm³/mol. The van der Waals surface area contributed by atoms with E-state index in [1.54, 1.807) is 18.2 Å². The molecule has 0 saturated carbocycles. The van der Waals surface area contributed by atoms with Crippen molar-refractivity contribution in [3.8, 4) is 0 Å². The van der Waals surface area contributed by atoms with Crippen molar-refractivity contribution in [1.82, 2.24) is 9.96 Å². The Kier molecular flexibility index (Phi) is 6.03. The minimum atomic E-state index is -0.991. The van der Waals surface area contributed by atoms with Crippen LogP contribution in [-0.2, 0) is 19.2 Å². The van der Waals surface area contributed by atoms with E-state index in [0.717, 1.165) is 5.56 Å². The molecule has 0 radical (unpaired) electrons. The molecular formula is C22H21Cl2N3O4. The van der Waals surface area contributed by atoms with Crippen molar-refractivity contribution < 1.29 is 19.2 Å². The second-order valence-electron chi connectivity index (χ2n) is 7.69. The van der Waals surface area contributed by atoms with Crippen LogP contribution in [0.25, 0.3) is 0 Å². The number of rotatable bonds is 6. The summed E-state index contributed by atoms with van der Waals surface area (Å²) in [5.74, 6) is -2.05. The lowest BCUT2D eigenvalue weighted by molar-refractivity contribution is -0.181. The van der Waals surface area contributed by atoms with E-state index in [4.69, 9.17) is 33.8 Å². The Morgan fingerprint density at radius 1 is 1.10 bits per heavy atom. The second kappa shape index (κ2) is 8.59. The SMILES string of the molecule is CC(c1ccccc1)N1C(=O)C2ON(CCC(N)=O)C(c3cc(Cl)cc(Cl)c3)C2C1=O. The molecule has 7 nitrogen and oxygen atoms in total. The van der Waals surface area contributed by atoms with Crippen LogP contribution in [0.3, 0.4) is 0 Å². The number of hydroxylamine groups is 2. The van der Waals surface area contributed by atoms with Crippen LogP contribution in [0, 0.1) is 5.92 Å². The summed E-state index contributed by atoms with van der Waals surface area (Å²) in [7, 11) is 0. The van der Waals surface area contributed by atoms with Gasteiger partial charge in [0.2, 0.25) is 11.8 Å². The number of likely N-dealkylation sites (tertiary alicyclic amines) is 1. The minimum absolute atomic E-state index is 0.0107. The summed E-state index contributed by atoms with van der Waals surface area (Å²) >= 11 is 12.4. The average molecular weight is 462 g/mol. The van der Waals surface area contributed by atoms with Gasteiger partial charge in [-0.25, -0.2) is 0 Å². The van der Waals surface area contributed by atoms with Gasteiger partial charge in [0.15, 0.2) is 6.10 Å². The van der Waals surface area contributed by atoms with Gasteiger partial charge in [0, 0.05) is 23.0 Å². The number of carbonyl (C=O) groups excluding carboxylic acids is 3. The van der Waals surface area contributed by atoms with Gasteiger partial charge in [0.1, 0.15) is 0 Å². The Morgan fingerprint density at radius 3 is 2.35 bits per heavy atom. The lowest BCUT2D eigenvalue weighted by Gasteiger charge is -2.29. The largest absolute Gasteiger partial charge is 0.370 e. The molecule has 9 heteroatoms. The number of nitrogens with zero attached hydrogens (tertiary/aromatic N) is 2. The fraction of sp³-hybridized carbons (Fsp3) is 0.318. The standard InChI is InChI=1S/C22H21Cl2N3O4/c1-12(13-5-3-2-4-6-13)27-21(29)18-19(14-9-15(23)11-16(24)10-14)26(8-7-17(25)28)31-20(18)22(27)30/h2-6,9-12,18-20H,7-8H2,1H3,(H2,25,28). The van der Waals surface area contributed by atoms with Gasteiger partial charge in [-0.1, -0.05) is 53.5 Å². The predicted octanol–water partition coefficient (Wildman–Crippen LogP) is 3.27. The summed E-state index contributed by atoms with van der Waals surface area (Å²) in [6.07, 6.45) is -0.981. The molecule has 0 bridgehead atoms. The smallest absolute Gasteiger partial charge is 0.261 e. The molecular weight excluding hydrogens is 441 g/mol. The lowest BCUT2D eigenvalue weighted by atomic mass is 9.90. The van der Waals surface area contributed by atoms with Crippen molar-refractivity contribution in [3.05, 3.63) is 69.7 Å². The molecule has 4 atom stereocenters. The number of primary amides is 1. The third-order valence-electron chi connectivity index (χ3n) is 5.70. The molecule has 2 heterocycles. The summed E-state index contributed by atoms with van der Waals surface area (Å²) in [5, 5.41) is 2.27. The number of amides is 3. The molecule has 162 valence electrons. The molecule has 2 aromatic rings. The Labute approximate surface area is 189 Å². The van der Waals surface area contributed by atoms with Crippen LogP contribution in [-0.4, -0.2) is 40.3 Å². The van der Waals surface area contributed by atoms with E-state index < -0.39 is 35.9 Å². The molecule has 0 spiro atoms. The molecule has 2 saturated heterocycles. The summed E-state index contributed by atoms with van der Waals surface area (Å²) < 4.78 is 0. The quantitative estimate of drug-likeness (QED) is 0.666. The second-order valence-corrected chi connectivity index (χ2v) is 8.56. The van der Waals surface area contributed by atoms with Crippen molar-refractivity contribution in [1.29, 1.82) is 0 Å². The molecule has 4 unspecified atom stereocenters. The van der Waals surface area contributed by atoms with Crippen LogP contribution in [0.4, 0.5) is 0 Å². The van der Waals surface area contributed by atoms with Crippen molar-refractivity contribution in [2.75, 3.05) is 6.54 Å². The van der Waals surface area contributed by atoms with E-state index in [0.29, 0.717) is 15.6 Å². The summed E-state index contributed by atoms with van der Waals surface area (Å²) in [4.78, 5) is 45.2. The van der Waals surface area contributed by atoms with Crippen molar-refractivity contribution >= 4 is 40.9 Å². The normalized spacial score (nSPS) is 24.5. The maximum Gasteiger partial charge on any atom is 0.261 e. The van der Waals surface area contributed by atoms with Gasteiger partial charge in [0.25, 0.3) is 5.91 Å². The first-order chi connectivity index (χ1) is 14.8. The molecule has 0 aliphatic carbocycles. The van der Waals surface area contributed by atoms with E-state index in [-0.39, 0.29) is 18.9 Å². The molecule has 2 aromatic carbocycles. The molecule has 4 rings (SSSR count). The maximum atomic E-state index is 13.5. The van der Waals surface area contributed by atoms with Gasteiger partial charge >= 0.3 is 0 Å². The summed E-state index contributed by atoms with van der Waals surface area (Å²) in [5.41, 5.74) is 6.77. The first kappa shape index (κ1) is 21.8. The monoisotopic (exact) mass is 461 g/mol. The van der Waals surface area contributed by atoms with Crippen LogP contribution in [0.1, 0.15) is 36.6 Å². The van der Waals surface area contributed by atoms with Crippen molar-refractivity contribution in [2.45, 2.75) is 31.5 Å². The lowest BCUT2D eigenvalue weighted by Crippen LogP contribution is -2.39. The summed E-state index contributed by atoms with van der Waals surface area (Å²) in [6.45, 7) is 1.94. The van der Waals surface area contributed by atoms with E-state index >= 15 is 0 Å². The molecule has 0 aromatic heterocycles. The number of hydrogen-bond acceptors (Lipinski definition) is 5. The van der Waals surface area contributed by atoms with Crippen LogP contribution in [0.15, 0.2) is 48.5 Å². The zero-order chi connectivity index (χ0) is 22.3. The highest BCUT2D eigenvalue weighted by Gasteiger charge is 2.60. The average Bonchev–Trinajstić information content (AvgIpc) is 3.21. The molecule has 2 N–H and O–H groups in total. The van der Waals surface area contributed by atoms with Crippen LogP contribution in [0.5, 0.6) is 0 Å². The third kappa shape index (κ3) is 4.06. The molecule has 3 amide bonds.